The highest BCUT2D eigenvalue weighted by atomic mass is 16.7. The first-order chi connectivity index (χ1) is 15.7. The van der Waals surface area contributed by atoms with Crippen LogP contribution in [0, 0.1) is 10.1 Å². The van der Waals surface area contributed by atoms with Crippen molar-refractivity contribution in [3.8, 4) is 16.9 Å². The number of methoxy groups -OCH3 is 1. The molecule has 1 saturated heterocycles. The third kappa shape index (κ3) is 4.05. The Hall–Kier alpha value is -4.47. The second kappa shape index (κ2) is 8.23. The quantitative estimate of drug-likeness (QED) is 0.202. The van der Waals surface area contributed by atoms with Crippen molar-refractivity contribution in [3.05, 3.63) is 70.5 Å². The van der Waals surface area contributed by atoms with Gasteiger partial charge >= 0.3 is 17.6 Å². The van der Waals surface area contributed by atoms with Gasteiger partial charge in [0.2, 0.25) is 0 Å². The molecule has 33 heavy (non-hydrogen) atoms. The highest BCUT2D eigenvalue weighted by molar-refractivity contribution is 6.16. The zero-order valence-electron chi connectivity index (χ0n) is 17.9. The number of nitro benzene ring substituents is 1. The van der Waals surface area contributed by atoms with Crippen LogP contribution in [-0.2, 0) is 19.1 Å². The van der Waals surface area contributed by atoms with Crippen molar-refractivity contribution in [2.45, 2.75) is 19.6 Å². The molecule has 0 radical (unpaired) electrons. The first kappa shape index (κ1) is 21.8. The number of hydrogen-bond acceptors (Lipinski definition) is 9. The van der Waals surface area contributed by atoms with Gasteiger partial charge in [-0.3, -0.25) is 15.1 Å². The Balaban J connectivity index is 1.90. The van der Waals surface area contributed by atoms with Crippen LogP contribution in [0.1, 0.15) is 13.8 Å². The SMILES string of the molecule is COc1cc(NC=C2C(=O)OC(C)(C)OC2=O)c2nccc(-c3ccccc3)c2c1[N+](=O)[O-]. The van der Waals surface area contributed by atoms with Crippen molar-refractivity contribution < 1.29 is 28.7 Å². The van der Waals surface area contributed by atoms with Crippen LogP contribution in [-0.4, -0.2) is 34.7 Å². The number of hydrogen-bond donors (Lipinski definition) is 1. The molecule has 2 aromatic carbocycles. The molecule has 3 aromatic rings. The van der Waals surface area contributed by atoms with Crippen molar-refractivity contribution in [1.82, 2.24) is 4.98 Å². The van der Waals surface area contributed by atoms with Gasteiger partial charge in [-0.15, -0.1) is 0 Å². The minimum Gasteiger partial charge on any atom is -0.490 e. The Bertz CT molecular complexity index is 1290. The molecule has 10 heteroatoms. The maximum atomic E-state index is 12.2. The summed E-state index contributed by atoms with van der Waals surface area (Å²) in [4.78, 5) is 40.3. The van der Waals surface area contributed by atoms with Crippen LogP contribution in [0.15, 0.2) is 60.4 Å². The predicted molar refractivity (Wildman–Crippen MR) is 118 cm³/mol. The van der Waals surface area contributed by atoms with Crippen LogP contribution < -0.4 is 10.1 Å². The molecule has 168 valence electrons. The molecule has 10 nitrogen and oxygen atoms in total. The highest BCUT2D eigenvalue weighted by Gasteiger charge is 2.39. The summed E-state index contributed by atoms with van der Waals surface area (Å²) < 4.78 is 15.5. The number of pyridine rings is 1. The number of cyclic esters (lactones) is 2. The van der Waals surface area contributed by atoms with E-state index in [4.69, 9.17) is 14.2 Å². The largest absolute Gasteiger partial charge is 0.490 e. The first-order valence-corrected chi connectivity index (χ1v) is 9.85. The number of fused-ring (bicyclic) bond motifs is 1. The topological polar surface area (TPSA) is 130 Å². The van der Waals surface area contributed by atoms with Gasteiger partial charge in [-0.2, -0.15) is 0 Å². The van der Waals surface area contributed by atoms with Crippen LogP contribution in [0.2, 0.25) is 0 Å². The third-order valence-corrected chi connectivity index (χ3v) is 4.93. The molecule has 1 N–H and O–H groups in total. The summed E-state index contributed by atoms with van der Waals surface area (Å²) in [7, 11) is 1.31. The number of anilines is 1. The zero-order chi connectivity index (χ0) is 23.8. The molecular weight excluding hydrogens is 430 g/mol. The fourth-order valence-corrected chi connectivity index (χ4v) is 3.53. The smallest absolute Gasteiger partial charge is 0.350 e. The van der Waals surface area contributed by atoms with Crippen LogP contribution in [0.3, 0.4) is 0 Å². The van der Waals surface area contributed by atoms with Crippen LogP contribution in [0.5, 0.6) is 5.75 Å². The average molecular weight is 449 g/mol. The van der Waals surface area contributed by atoms with Crippen molar-refractivity contribution in [2.75, 3.05) is 12.4 Å². The number of carbonyl (C=O) groups is 2. The van der Waals surface area contributed by atoms with Crippen molar-refractivity contribution in [2.24, 2.45) is 0 Å². The number of carbonyl (C=O) groups excluding carboxylic acids is 2. The molecule has 0 saturated carbocycles. The van der Waals surface area contributed by atoms with E-state index in [1.54, 1.807) is 6.07 Å². The standard InChI is InChI=1S/C23H19N3O7/c1-23(2)32-21(27)15(22(28)33-23)12-25-16-11-17(31-3)20(26(29)30)18-14(9-10-24-19(16)18)13-7-5-4-6-8-13/h4-12,25H,1-3H3. The summed E-state index contributed by atoms with van der Waals surface area (Å²) in [5.41, 5.74) is 1.23. The van der Waals surface area contributed by atoms with E-state index in [9.17, 15) is 19.7 Å². The molecule has 1 aliphatic rings. The maximum absolute atomic E-state index is 12.2. The summed E-state index contributed by atoms with van der Waals surface area (Å²) in [6, 6.07) is 12.2. The predicted octanol–water partition coefficient (Wildman–Crippen LogP) is 3.95. The molecule has 0 atom stereocenters. The second-order valence-electron chi connectivity index (χ2n) is 7.56. The lowest BCUT2D eigenvalue weighted by Crippen LogP contribution is -2.42. The van der Waals surface area contributed by atoms with Gasteiger partial charge in [0.05, 0.1) is 23.1 Å². The van der Waals surface area contributed by atoms with E-state index in [1.165, 1.54) is 33.2 Å². The van der Waals surface area contributed by atoms with E-state index >= 15 is 0 Å². The number of esters is 2. The summed E-state index contributed by atoms with van der Waals surface area (Å²) in [6.07, 6.45) is 2.64. The number of nitrogens with one attached hydrogen (secondary N) is 1. The lowest BCUT2D eigenvalue weighted by atomic mass is 9.99. The lowest BCUT2D eigenvalue weighted by molar-refractivity contribution is -0.383. The van der Waals surface area contributed by atoms with Crippen LogP contribution in [0.25, 0.3) is 22.0 Å². The van der Waals surface area contributed by atoms with Gasteiger partial charge in [-0.25, -0.2) is 9.59 Å². The van der Waals surface area contributed by atoms with E-state index < -0.39 is 22.6 Å². The second-order valence-corrected chi connectivity index (χ2v) is 7.56. The van der Waals surface area contributed by atoms with E-state index in [0.29, 0.717) is 5.56 Å². The summed E-state index contributed by atoms with van der Waals surface area (Å²) in [5.74, 6) is -3.12. The lowest BCUT2D eigenvalue weighted by Gasteiger charge is -2.29. The Kier molecular flexibility index (Phi) is 5.42. The van der Waals surface area contributed by atoms with Gasteiger partial charge in [0.15, 0.2) is 11.3 Å². The number of ether oxygens (including phenoxy) is 3. The van der Waals surface area contributed by atoms with Crippen molar-refractivity contribution in [1.29, 1.82) is 0 Å². The fraction of sp³-hybridized carbons (Fsp3) is 0.174. The Morgan fingerprint density at radius 2 is 1.79 bits per heavy atom. The van der Waals surface area contributed by atoms with Crippen LogP contribution in [0.4, 0.5) is 11.4 Å². The molecule has 0 bridgehead atoms. The third-order valence-electron chi connectivity index (χ3n) is 4.93. The first-order valence-electron chi connectivity index (χ1n) is 9.85. The number of benzene rings is 2. The van der Waals surface area contributed by atoms with E-state index in [1.807, 2.05) is 30.3 Å². The fourth-order valence-electron chi connectivity index (χ4n) is 3.53. The number of aromatic nitrogens is 1. The number of rotatable bonds is 5. The van der Waals surface area contributed by atoms with Gasteiger partial charge in [0, 0.05) is 32.3 Å². The average Bonchev–Trinajstić information content (AvgIpc) is 2.77. The molecule has 0 unspecified atom stereocenters. The highest BCUT2D eigenvalue weighted by Crippen LogP contribution is 2.43. The molecule has 0 spiro atoms. The van der Waals surface area contributed by atoms with Gasteiger partial charge in [0.1, 0.15) is 5.52 Å². The monoisotopic (exact) mass is 449 g/mol. The van der Waals surface area contributed by atoms with E-state index in [0.717, 1.165) is 11.8 Å². The molecule has 2 heterocycles. The minimum absolute atomic E-state index is 0.0199. The molecule has 0 aliphatic carbocycles. The Labute approximate surface area is 187 Å². The zero-order valence-corrected chi connectivity index (χ0v) is 17.9. The van der Waals surface area contributed by atoms with Crippen molar-refractivity contribution >= 4 is 34.2 Å². The molecule has 1 fully saturated rings. The van der Waals surface area contributed by atoms with Crippen LogP contribution >= 0.6 is 0 Å². The summed E-state index contributed by atoms with van der Waals surface area (Å²) >= 11 is 0. The van der Waals surface area contributed by atoms with Gasteiger partial charge in [-0.1, -0.05) is 30.3 Å². The summed E-state index contributed by atoms with van der Waals surface area (Å²) in [5, 5.41) is 15.1. The van der Waals surface area contributed by atoms with E-state index in [2.05, 4.69) is 10.3 Å². The van der Waals surface area contributed by atoms with Crippen molar-refractivity contribution in [3.63, 3.8) is 0 Å². The van der Waals surface area contributed by atoms with Gasteiger partial charge < -0.3 is 19.5 Å². The Morgan fingerprint density at radius 1 is 1.12 bits per heavy atom. The van der Waals surface area contributed by atoms with Gasteiger partial charge in [-0.05, 0) is 17.2 Å². The molecule has 4 rings (SSSR count). The number of nitrogens with zero attached hydrogens (tertiary/aromatic N) is 2. The molecule has 1 aromatic heterocycles. The molecular formula is C23H19N3O7. The van der Waals surface area contributed by atoms with E-state index in [-0.39, 0.29) is 33.6 Å². The summed E-state index contributed by atoms with van der Waals surface area (Å²) in [6.45, 7) is 2.88. The van der Waals surface area contributed by atoms with Gasteiger partial charge in [0.25, 0.3) is 5.79 Å². The molecule has 0 amide bonds. The number of nitro groups is 1. The molecule has 1 aliphatic heterocycles. The minimum atomic E-state index is -1.37. The maximum Gasteiger partial charge on any atom is 0.350 e. The normalized spacial score (nSPS) is 14.9. The Morgan fingerprint density at radius 3 is 2.39 bits per heavy atom.